The highest BCUT2D eigenvalue weighted by Crippen LogP contribution is 2.46. The standard InChI is InChI=1S/C7H10F2O.C6H8F2O.C3H9IS.H/c8-7(9)3-1-6(2-4-7)5-10-6;7-6(8)3-1-5(9)2-4-6;1-5(2,3)4;/h1-5H2;1-4H2;1-3H3;/q;;;-1. The SMILES string of the molecule is CS(C)(C)I.FC1(F)CCC2(CC1)CO2.O=C1CCC(F)(F)CC1.[H-]. The largest absolute Gasteiger partial charge is 1.00 e. The molecular weight excluding hydrogens is 459 g/mol. The summed E-state index contributed by atoms with van der Waals surface area (Å²) in [6.45, 7) is 0.711. The molecule has 8 heteroatoms. The van der Waals surface area contributed by atoms with Crippen molar-refractivity contribution in [1.82, 2.24) is 0 Å². The number of rotatable bonds is 0. The fourth-order valence-corrected chi connectivity index (χ4v) is 2.36. The van der Waals surface area contributed by atoms with Crippen LogP contribution >= 0.6 is 28.4 Å². The van der Waals surface area contributed by atoms with Gasteiger partial charge in [0.2, 0.25) is 11.8 Å². The van der Waals surface area contributed by atoms with Crippen molar-refractivity contribution in [2.24, 2.45) is 0 Å². The number of alkyl halides is 4. The molecule has 1 heterocycles. The molecular formula is C16H28F4IO2S-. The molecule has 24 heavy (non-hydrogen) atoms. The Bertz CT molecular complexity index is 404. The maximum Gasteiger partial charge on any atom is 0.249 e. The summed E-state index contributed by atoms with van der Waals surface area (Å²) < 4.78 is 54.6. The third-order valence-corrected chi connectivity index (χ3v) is 3.98. The van der Waals surface area contributed by atoms with E-state index >= 15 is 0 Å². The minimum Gasteiger partial charge on any atom is -1.00 e. The minimum absolute atomic E-state index is 0. The van der Waals surface area contributed by atoms with Crippen molar-refractivity contribution in [2.75, 3.05) is 25.4 Å². The zero-order valence-electron chi connectivity index (χ0n) is 15.5. The lowest BCUT2D eigenvalue weighted by Crippen LogP contribution is -2.29. The Labute approximate surface area is 156 Å². The van der Waals surface area contributed by atoms with Crippen molar-refractivity contribution in [2.45, 2.75) is 68.8 Å². The van der Waals surface area contributed by atoms with Gasteiger partial charge in [-0.3, -0.25) is 4.79 Å². The van der Waals surface area contributed by atoms with Crippen LogP contribution in [0, 0.1) is 0 Å². The minimum atomic E-state index is -2.56. The molecule has 0 aromatic carbocycles. The second-order valence-corrected chi connectivity index (χ2v) is 18.7. The van der Waals surface area contributed by atoms with Crippen LogP contribution in [0.15, 0.2) is 0 Å². The third kappa shape index (κ3) is 10.4. The van der Waals surface area contributed by atoms with Gasteiger partial charge in [0.15, 0.2) is 0 Å². The molecule has 0 N–H and O–H groups in total. The summed E-state index contributed by atoms with van der Waals surface area (Å²) in [5.74, 6) is -4.99. The fourth-order valence-electron chi connectivity index (χ4n) is 2.36. The number of halogens is 5. The summed E-state index contributed by atoms with van der Waals surface area (Å²) >= 11 is 2.46. The van der Waals surface area contributed by atoms with Gasteiger partial charge >= 0.3 is 0 Å². The molecule has 1 saturated heterocycles. The first-order valence-electron chi connectivity index (χ1n) is 8.01. The van der Waals surface area contributed by atoms with E-state index in [9.17, 15) is 22.4 Å². The molecule has 146 valence electrons. The zero-order chi connectivity index (χ0) is 18.6. The van der Waals surface area contributed by atoms with Gasteiger partial charge in [0, 0.05) is 38.5 Å². The predicted octanol–water partition coefficient (Wildman–Crippen LogP) is 5.87. The summed E-state index contributed by atoms with van der Waals surface area (Å²) in [4.78, 5) is 10.4. The molecule has 0 aromatic heterocycles. The maximum absolute atomic E-state index is 12.5. The van der Waals surface area contributed by atoms with Gasteiger partial charge in [-0.25, -0.2) is 17.6 Å². The number of ether oxygens (including phenoxy) is 1. The van der Waals surface area contributed by atoms with Crippen molar-refractivity contribution in [3.8, 4) is 0 Å². The number of hydrogen-bond acceptors (Lipinski definition) is 2. The summed E-state index contributed by atoms with van der Waals surface area (Å²) in [5, 5.41) is 0. The van der Waals surface area contributed by atoms with E-state index in [4.69, 9.17) is 4.74 Å². The molecule has 0 amide bonds. The van der Waals surface area contributed by atoms with E-state index in [1.807, 2.05) is 0 Å². The Hall–Kier alpha value is 0.430. The lowest BCUT2D eigenvalue weighted by Gasteiger charge is -2.25. The quantitative estimate of drug-likeness (QED) is 0.243. The molecule has 0 aromatic rings. The topological polar surface area (TPSA) is 29.6 Å². The van der Waals surface area contributed by atoms with Crippen LogP contribution in [0.25, 0.3) is 0 Å². The van der Waals surface area contributed by atoms with E-state index in [0.717, 1.165) is 0 Å². The van der Waals surface area contributed by atoms with Gasteiger partial charge in [-0.15, -0.1) is 0 Å². The summed E-state index contributed by atoms with van der Waals surface area (Å²) in [6, 6.07) is 0. The highest BCUT2D eigenvalue weighted by molar-refractivity contribution is 14.2. The van der Waals surface area contributed by atoms with E-state index in [1.54, 1.807) is 0 Å². The molecule has 3 aliphatic rings. The Morgan fingerprint density at radius 2 is 1.25 bits per heavy atom. The second-order valence-electron chi connectivity index (χ2n) is 7.41. The highest BCUT2D eigenvalue weighted by Gasteiger charge is 2.51. The van der Waals surface area contributed by atoms with Crippen LogP contribution in [0.3, 0.4) is 0 Å². The molecule has 0 bridgehead atoms. The molecule has 2 saturated carbocycles. The number of carbonyl (C=O) groups excluding carboxylic acids is 1. The maximum atomic E-state index is 12.5. The molecule has 3 rings (SSSR count). The van der Waals surface area contributed by atoms with Crippen LogP contribution in [0.5, 0.6) is 0 Å². The fraction of sp³-hybridized carbons (Fsp3) is 0.938. The van der Waals surface area contributed by atoms with Gasteiger partial charge in [-0.05, 0) is 52.8 Å². The number of hydrogen-bond donors (Lipinski definition) is 0. The number of epoxide rings is 1. The van der Waals surface area contributed by atoms with Crippen molar-refractivity contribution in [3.05, 3.63) is 0 Å². The molecule has 0 unspecified atom stereocenters. The smallest absolute Gasteiger partial charge is 0.249 e. The van der Waals surface area contributed by atoms with Crippen LogP contribution < -0.4 is 0 Å². The lowest BCUT2D eigenvalue weighted by atomic mass is 9.87. The van der Waals surface area contributed by atoms with Crippen molar-refractivity contribution in [3.63, 3.8) is 0 Å². The average molecular weight is 487 g/mol. The predicted molar refractivity (Wildman–Crippen MR) is 101 cm³/mol. The van der Waals surface area contributed by atoms with Crippen LogP contribution in [-0.4, -0.2) is 48.6 Å². The van der Waals surface area contributed by atoms with E-state index in [1.165, 1.54) is 0 Å². The molecule has 0 radical (unpaired) electrons. The monoisotopic (exact) mass is 487 g/mol. The first kappa shape index (κ1) is 22.5. The van der Waals surface area contributed by atoms with Crippen LogP contribution in [0.2, 0.25) is 0 Å². The molecule has 3 fully saturated rings. The van der Waals surface area contributed by atoms with Crippen LogP contribution in [0.4, 0.5) is 17.6 Å². The number of carbonyl (C=O) groups is 1. The lowest BCUT2D eigenvalue weighted by molar-refractivity contribution is -0.128. The Balaban J connectivity index is 0.000000359. The first-order valence-corrected chi connectivity index (χ1v) is 13.4. The van der Waals surface area contributed by atoms with Gasteiger partial charge in [0.25, 0.3) is 0 Å². The van der Waals surface area contributed by atoms with Gasteiger partial charge < -0.3 is 6.16 Å². The summed E-state index contributed by atoms with van der Waals surface area (Å²) in [6.07, 6.45) is 7.56. The van der Waals surface area contributed by atoms with Gasteiger partial charge in [0.1, 0.15) is 5.78 Å². The Kier molecular flexibility index (Phi) is 7.88. The highest BCUT2D eigenvalue weighted by atomic mass is 127. The van der Waals surface area contributed by atoms with E-state index < -0.39 is 11.8 Å². The second kappa shape index (κ2) is 8.41. The molecule has 2 nitrogen and oxygen atoms in total. The molecule has 2 aliphatic carbocycles. The first-order chi connectivity index (χ1) is 10.7. The summed E-state index contributed by atoms with van der Waals surface area (Å²) in [7, 11) is -0.197. The molecule has 1 spiro atoms. The van der Waals surface area contributed by atoms with E-state index in [-0.39, 0.29) is 58.5 Å². The van der Waals surface area contributed by atoms with Crippen LogP contribution in [-0.2, 0) is 9.53 Å². The van der Waals surface area contributed by atoms with Gasteiger partial charge in [0.05, 0.1) is 12.2 Å². The molecule has 1 aliphatic heterocycles. The number of ketones is 1. The third-order valence-electron chi connectivity index (χ3n) is 3.98. The van der Waals surface area contributed by atoms with Gasteiger partial charge in [-0.2, -0.15) is 7.20 Å². The van der Waals surface area contributed by atoms with Crippen molar-refractivity contribution >= 4 is 34.2 Å². The van der Waals surface area contributed by atoms with Crippen LogP contribution in [0.1, 0.15) is 52.8 Å². The zero-order valence-corrected chi connectivity index (χ0v) is 17.5. The Morgan fingerprint density at radius 1 is 0.917 bits per heavy atom. The van der Waals surface area contributed by atoms with Crippen molar-refractivity contribution < 1.29 is 28.5 Å². The van der Waals surface area contributed by atoms with Gasteiger partial charge in [-0.1, -0.05) is 0 Å². The summed E-state index contributed by atoms with van der Waals surface area (Å²) in [5.41, 5.74) is -0.0956. The molecule has 0 atom stereocenters. The van der Waals surface area contributed by atoms with E-state index in [2.05, 4.69) is 40.0 Å². The number of Topliss-reactive ketones (excluding diaryl/α,β-unsaturated/α-hetero) is 1. The average Bonchev–Trinajstić information content (AvgIpc) is 3.17. The van der Waals surface area contributed by atoms with E-state index in [0.29, 0.717) is 19.4 Å². The van der Waals surface area contributed by atoms with Crippen molar-refractivity contribution in [1.29, 1.82) is 0 Å². The normalized spacial score (nSPS) is 27.2. The Morgan fingerprint density at radius 3 is 1.54 bits per heavy atom.